The molecule has 132 valence electrons. The summed E-state index contributed by atoms with van der Waals surface area (Å²) in [6.07, 6.45) is 1.46. The number of hydrogen-bond acceptors (Lipinski definition) is 4. The van der Waals surface area contributed by atoms with E-state index in [1.165, 1.54) is 6.21 Å². The van der Waals surface area contributed by atoms with Crippen LogP contribution in [0.3, 0.4) is 0 Å². The fourth-order valence-electron chi connectivity index (χ4n) is 2.27. The smallest absolute Gasteiger partial charge is 0.277 e. The number of carbonyl (C=O) groups excluding carboxylic acids is 1. The second kappa shape index (κ2) is 8.29. The minimum atomic E-state index is -0.377. The number of carbonyl (C=O) groups is 1. The molecule has 0 aliphatic rings. The van der Waals surface area contributed by atoms with Gasteiger partial charge in [-0.05, 0) is 52.7 Å². The number of para-hydroxylation sites is 1. The first kappa shape index (κ1) is 18.4. The van der Waals surface area contributed by atoms with Crippen molar-refractivity contribution in [3.05, 3.63) is 69.3 Å². The number of benzene rings is 2. The number of amides is 1. The van der Waals surface area contributed by atoms with Gasteiger partial charge in [0.2, 0.25) is 0 Å². The predicted molar refractivity (Wildman–Crippen MR) is 107 cm³/mol. The van der Waals surface area contributed by atoms with Gasteiger partial charge in [-0.3, -0.25) is 4.79 Å². The Morgan fingerprint density at radius 2 is 2.12 bits per heavy atom. The highest BCUT2D eigenvalue weighted by molar-refractivity contribution is 9.10. The third kappa shape index (κ3) is 4.59. The van der Waals surface area contributed by atoms with Crippen LogP contribution in [-0.4, -0.2) is 23.7 Å². The molecule has 0 aliphatic heterocycles. The molecule has 2 aromatic carbocycles. The van der Waals surface area contributed by atoms with Gasteiger partial charge in [0.25, 0.3) is 5.91 Å². The highest BCUT2D eigenvalue weighted by atomic mass is 79.9. The van der Waals surface area contributed by atoms with Crippen molar-refractivity contribution < 1.29 is 9.53 Å². The SMILES string of the molecule is Cc1ccc2cc(C=NNC(=O)COc3ccccc3Br)c(Cl)nc2c1. The van der Waals surface area contributed by atoms with Crippen LogP contribution < -0.4 is 10.2 Å². The number of aryl methyl sites for hydroxylation is 1. The predicted octanol–water partition coefficient (Wildman–Crippen LogP) is 4.49. The first-order valence-corrected chi connectivity index (χ1v) is 8.96. The van der Waals surface area contributed by atoms with Crippen molar-refractivity contribution in [2.24, 2.45) is 5.10 Å². The van der Waals surface area contributed by atoms with Gasteiger partial charge >= 0.3 is 0 Å². The molecule has 1 amide bonds. The average Bonchev–Trinajstić information content (AvgIpc) is 2.61. The summed E-state index contributed by atoms with van der Waals surface area (Å²) in [7, 11) is 0. The first-order valence-electron chi connectivity index (χ1n) is 7.79. The number of nitrogens with zero attached hydrogens (tertiary/aromatic N) is 2. The Balaban J connectivity index is 1.62. The van der Waals surface area contributed by atoms with Gasteiger partial charge in [0.15, 0.2) is 6.61 Å². The molecule has 1 aromatic heterocycles. The monoisotopic (exact) mass is 431 g/mol. The summed E-state index contributed by atoms with van der Waals surface area (Å²) < 4.78 is 6.20. The number of ether oxygens (including phenoxy) is 1. The Hall–Kier alpha value is -2.44. The van der Waals surface area contributed by atoms with Crippen LogP contribution in [0, 0.1) is 6.92 Å². The molecule has 0 aliphatic carbocycles. The minimum absolute atomic E-state index is 0.150. The molecule has 0 fully saturated rings. The molecular formula is C19H15BrClN3O2. The molecule has 1 heterocycles. The van der Waals surface area contributed by atoms with E-state index in [2.05, 4.69) is 31.4 Å². The van der Waals surface area contributed by atoms with Crippen LogP contribution in [0.2, 0.25) is 5.15 Å². The molecule has 0 atom stereocenters. The first-order chi connectivity index (χ1) is 12.5. The zero-order valence-electron chi connectivity index (χ0n) is 13.9. The number of hydrazone groups is 1. The molecule has 0 spiro atoms. The molecule has 26 heavy (non-hydrogen) atoms. The number of fused-ring (bicyclic) bond motifs is 1. The number of aromatic nitrogens is 1. The summed E-state index contributed by atoms with van der Waals surface area (Å²) >= 11 is 9.54. The van der Waals surface area contributed by atoms with Crippen molar-refractivity contribution >= 4 is 50.6 Å². The topological polar surface area (TPSA) is 63.6 Å². The van der Waals surface area contributed by atoms with Gasteiger partial charge in [0.1, 0.15) is 10.9 Å². The van der Waals surface area contributed by atoms with E-state index in [1.54, 1.807) is 6.07 Å². The van der Waals surface area contributed by atoms with Crippen molar-refractivity contribution in [3.8, 4) is 5.75 Å². The van der Waals surface area contributed by atoms with Crippen LogP contribution in [0.25, 0.3) is 10.9 Å². The molecular weight excluding hydrogens is 418 g/mol. The summed E-state index contributed by atoms with van der Waals surface area (Å²) in [5.74, 6) is 0.209. The normalized spacial score (nSPS) is 11.0. The van der Waals surface area contributed by atoms with Gasteiger partial charge in [0.05, 0.1) is 16.2 Å². The lowest BCUT2D eigenvalue weighted by Gasteiger charge is -2.06. The fourth-order valence-corrected chi connectivity index (χ4v) is 2.87. The number of pyridine rings is 1. The quantitative estimate of drug-likeness (QED) is 0.367. The van der Waals surface area contributed by atoms with Crippen LogP contribution in [0.5, 0.6) is 5.75 Å². The lowest BCUT2D eigenvalue weighted by molar-refractivity contribution is -0.123. The van der Waals surface area contributed by atoms with E-state index in [0.29, 0.717) is 16.5 Å². The summed E-state index contributed by atoms with van der Waals surface area (Å²) in [5.41, 5.74) is 4.96. The third-order valence-electron chi connectivity index (χ3n) is 3.54. The van der Waals surface area contributed by atoms with E-state index in [1.807, 2.05) is 49.4 Å². The zero-order valence-corrected chi connectivity index (χ0v) is 16.2. The van der Waals surface area contributed by atoms with Crippen LogP contribution in [0.15, 0.2) is 58.1 Å². The van der Waals surface area contributed by atoms with Crippen LogP contribution >= 0.6 is 27.5 Å². The molecule has 0 saturated heterocycles. The Kier molecular flexibility index (Phi) is 5.85. The van der Waals surface area contributed by atoms with Crippen molar-refractivity contribution in [2.45, 2.75) is 6.92 Å². The Bertz CT molecular complexity index is 992. The fraction of sp³-hybridized carbons (Fsp3) is 0.105. The molecule has 3 rings (SSSR count). The summed E-state index contributed by atoms with van der Waals surface area (Å²) in [5, 5.41) is 5.19. The number of halogens is 2. The highest BCUT2D eigenvalue weighted by Gasteiger charge is 2.06. The van der Waals surface area contributed by atoms with E-state index < -0.39 is 0 Å². The van der Waals surface area contributed by atoms with E-state index in [0.717, 1.165) is 20.9 Å². The van der Waals surface area contributed by atoms with Gasteiger partial charge in [-0.2, -0.15) is 5.10 Å². The Morgan fingerprint density at radius 1 is 1.31 bits per heavy atom. The molecule has 3 aromatic rings. The number of hydrogen-bond donors (Lipinski definition) is 1. The van der Waals surface area contributed by atoms with E-state index >= 15 is 0 Å². The maximum atomic E-state index is 11.8. The molecule has 1 N–H and O–H groups in total. The van der Waals surface area contributed by atoms with Crippen molar-refractivity contribution in [3.63, 3.8) is 0 Å². The summed E-state index contributed by atoms with van der Waals surface area (Å²) in [6.45, 7) is 1.85. The average molecular weight is 433 g/mol. The maximum absolute atomic E-state index is 11.8. The van der Waals surface area contributed by atoms with E-state index in [4.69, 9.17) is 16.3 Å². The standard InChI is InChI=1S/C19H15BrClN3O2/c1-12-6-7-13-9-14(19(21)23-16(13)8-12)10-22-24-18(25)11-26-17-5-3-2-4-15(17)20/h2-10H,11H2,1H3,(H,24,25). The largest absolute Gasteiger partial charge is 0.483 e. The van der Waals surface area contributed by atoms with Gasteiger partial charge in [-0.15, -0.1) is 0 Å². The van der Waals surface area contributed by atoms with Gasteiger partial charge in [0, 0.05) is 10.9 Å². The molecule has 0 bridgehead atoms. The minimum Gasteiger partial charge on any atom is -0.483 e. The van der Waals surface area contributed by atoms with E-state index in [9.17, 15) is 4.79 Å². The number of nitrogens with one attached hydrogen (secondary N) is 1. The van der Waals surface area contributed by atoms with Crippen LogP contribution in [0.1, 0.15) is 11.1 Å². The van der Waals surface area contributed by atoms with Crippen molar-refractivity contribution in [1.82, 2.24) is 10.4 Å². The Morgan fingerprint density at radius 3 is 2.92 bits per heavy atom. The van der Waals surface area contributed by atoms with Gasteiger partial charge < -0.3 is 4.74 Å². The van der Waals surface area contributed by atoms with Crippen LogP contribution in [-0.2, 0) is 4.79 Å². The molecule has 5 nitrogen and oxygen atoms in total. The number of rotatable bonds is 5. The molecule has 0 unspecified atom stereocenters. The highest BCUT2D eigenvalue weighted by Crippen LogP contribution is 2.23. The van der Waals surface area contributed by atoms with Crippen molar-refractivity contribution in [1.29, 1.82) is 0 Å². The summed E-state index contributed by atoms with van der Waals surface area (Å²) in [4.78, 5) is 16.2. The van der Waals surface area contributed by atoms with Gasteiger partial charge in [-0.1, -0.05) is 35.9 Å². The summed E-state index contributed by atoms with van der Waals surface area (Å²) in [6, 6.07) is 15.1. The maximum Gasteiger partial charge on any atom is 0.277 e. The van der Waals surface area contributed by atoms with Crippen LogP contribution in [0.4, 0.5) is 0 Å². The second-order valence-corrected chi connectivity index (χ2v) is 6.79. The third-order valence-corrected chi connectivity index (χ3v) is 4.50. The molecule has 0 radical (unpaired) electrons. The molecule has 7 heteroatoms. The lowest BCUT2D eigenvalue weighted by Crippen LogP contribution is -2.24. The van der Waals surface area contributed by atoms with Gasteiger partial charge in [-0.25, -0.2) is 10.4 Å². The Labute approximate surface area is 164 Å². The van der Waals surface area contributed by atoms with Crippen molar-refractivity contribution in [2.75, 3.05) is 6.61 Å². The van der Waals surface area contributed by atoms with E-state index in [-0.39, 0.29) is 12.5 Å². The molecule has 0 saturated carbocycles. The zero-order chi connectivity index (χ0) is 18.5. The second-order valence-electron chi connectivity index (χ2n) is 5.58. The lowest BCUT2D eigenvalue weighted by atomic mass is 10.1.